The third-order valence-electron chi connectivity index (χ3n) is 3.32. The predicted octanol–water partition coefficient (Wildman–Crippen LogP) is 0.241. The van der Waals surface area contributed by atoms with Crippen molar-refractivity contribution in [2.24, 2.45) is 14.1 Å². The van der Waals surface area contributed by atoms with Crippen molar-refractivity contribution in [3.05, 3.63) is 32.6 Å². The first-order valence-corrected chi connectivity index (χ1v) is 6.93. The molecule has 0 bridgehead atoms. The van der Waals surface area contributed by atoms with Gasteiger partial charge in [-0.05, 0) is 13.8 Å². The number of hydrogen-bond donors (Lipinski definition) is 1. The van der Waals surface area contributed by atoms with Gasteiger partial charge in [-0.1, -0.05) is 0 Å². The molecule has 2 aromatic rings. The molecule has 0 fully saturated rings. The number of hydrogen-bond acceptors (Lipinski definition) is 6. The summed E-state index contributed by atoms with van der Waals surface area (Å²) in [4.78, 5) is 40.6. The van der Waals surface area contributed by atoms with Crippen LogP contribution >= 0.6 is 0 Å². The van der Waals surface area contributed by atoms with Crippen LogP contribution in [0, 0.1) is 0 Å². The van der Waals surface area contributed by atoms with E-state index in [0.29, 0.717) is 12.2 Å². The Kier molecular flexibility index (Phi) is 4.30. The number of nitrogens with one attached hydrogen (secondary N) is 1. The molecule has 2 heterocycles. The Hall–Kier alpha value is -2.64. The van der Waals surface area contributed by atoms with E-state index in [4.69, 9.17) is 4.74 Å². The fourth-order valence-corrected chi connectivity index (χ4v) is 2.25. The molecule has 0 amide bonds. The normalized spacial score (nSPS) is 10.7. The third-order valence-corrected chi connectivity index (χ3v) is 3.32. The maximum atomic E-state index is 12.4. The van der Waals surface area contributed by atoms with E-state index < -0.39 is 17.2 Å². The number of fused-ring (bicyclic) bond motifs is 1. The number of nitrogens with zero attached hydrogens (tertiary/aromatic N) is 3. The number of aromatic nitrogens is 3. The first kappa shape index (κ1) is 15.7. The molecule has 0 atom stereocenters. The molecule has 2 aromatic heterocycles. The summed E-state index contributed by atoms with van der Waals surface area (Å²) in [5.41, 5.74) is -0.254. The van der Waals surface area contributed by atoms with Crippen LogP contribution in [0.3, 0.4) is 0 Å². The lowest BCUT2D eigenvalue weighted by molar-refractivity contribution is 0.0527. The summed E-state index contributed by atoms with van der Waals surface area (Å²) in [5.74, 6) is -0.566. The number of esters is 1. The van der Waals surface area contributed by atoms with Gasteiger partial charge in [0.1, 0.15) is 10.9 Å². The molecule has 0 radical (unpaired) electrons. The number of ether oxygens (including phenoxy) is 1. The molecular formula is C14H18N4O4. The van der Waals surface area contributed by atoms with Crippen LogP contribution in [0.25, 0.3) is 11.0 Å². The van der Waals surface area contributed by atoms with Crippen molar-refractivity contribution in [1.82, 2.24) is 14.1 Å². The number of anilines is 1. The van der Waals surface area contributed by atoms with E-state index in [2.05, 4.69) is 10.3 Å². The Morgan fingerprint density at radius 3 is 2.55 bits per heavy atom. The minimum absolute atomic E-state index is 0.173. The zero-order valence-electron chi connectivity index (χ0n) is 13.0. The molecule has 0 spiro atoms. The first-order valence-electron chi connectivity index (χ1n) is 6.93. The van der Waals surface area contributed by atoms with Crippen LogP contribution in [0.1, 0.15) is 24.2 Å². The van der Waals surface area contributed by atoms with Crippen LogP contribution in [-0.4, -0.2) is 33.2 Å². The lowest BCUT2D eigenvalue weighted by atomic mass is 10.1. The van der Waals surface area contributed by atoms with Crippen molar-refractivity contribution < 1.29 is 9.53 Å². The van der Waals surface area contributed by atoms with Crippen LogP contribution in [-0.2, 0) is 18.8 Å². The number of carbonyl (C=O) groups excluding carboxylic acids is 1. The Balaban J connectivity index is 2.93. The minimum atomic E-state index is -0.566. The Morgan fingerprint density at radius 1 is 1.27 bits per heavy atom. The van der Waals surface area contributed by atoms with Crippen LogP contribution in [0.5, 0.6) is 0 Å². The highest BCUT2D eigenvalue weighted by atomic mass is 16.5. The number of carbonyl (C=O) groups is 1. The molecule has 1 N–H and O–H groups in total. The van der Waals surface area contributed by atoms with Crippen molar-refractivity contribution >= 4 is 22.7 Å². The monoisotopic (exact) mass is 306 g/mol. The summed E-state index contributed by atoms with van der Waals surface area (Å²) in [6.07, 6.45) is 1.32. The highest BCUT2D eigenvalue weighted by molar-refractivity contribution is 6.03. The van der Waals surface area contributed by atoms with E-state index in [1.807, 2.05) is 6.92 Å². The summed E-state index contributed by atoms with van der Waals surface area (Å²) in [7, 11) is 2.91. The highest BCUT2D eigenvalue weighted by Gasteiger charge is 2.21. The van der Waals surface area contributed by atoms with Gasteiger partial charge >= 0.3 is 11.7 Å². The number of pyridine rings is 1. The standard InChI is InChI=1S/C14H18N4O4/c1-5-15-10-8(13(20)22-6-2)7-16-11-9(10)12(19)18(4)14(21)17(11)3/h7H,5-6H2,1-4H3,(H,15,16). The van der Waals surface area contributed by atoms with Crippen molar-refractivity contribution in [1.29, 1.82) is 0 Å². The Labute approximate surface area is 126 Å². The van der Waals surface area contributed by atoms with Crippen molar-refractivity contribution in [3.63, 3.8) is 0 Å². The molecule has 8 nitrogen and oxygen atoms in total. The molecular weight excluding hydrogens is 288 g/mol. The van der Waals surface area contributed by atoms with Gasteiger partial charge in [-0.3, -0.25) is 13.9 Å². The first-order chi connectivity index (χ1) is 10.4. The average Bonchev–Trinajstić information content (AvgIpc) is 2.50. The van der Waals surface area contributed by atoms with Crippen LogP contribution < -0.4 is 16.6 Å². The molecule has 0 aliphatic rings. The van der Waals surface area contributed by atoms with Gasteiger partial charge in [0.05, 0.1) is 12.3 Å². The molecule has 0 aliphatic heterocycles. The maximum absolute atomic E-state index is 12.4. The Morgan fingerprint density at radius 2 is 1.95 bits per heavy atom. The molecule has 8 heteroatoms. The smallest absolute Gasteiger partial charge is 0.341 e. The number of rotatable bonds is 4. The van der Waals surface area contributed by atoms with E-state index in [9.17, 15) is 14.4 Å². The summed E-state index contributed by atoms with van der Waals surface area (Å²) >= 11 is 0. The van der Waals surface area contributed by atoms with Crippen molar-refractivity contribution in [2.45, 2.75) is 13.8 Å². The second-order valence-corrected chi connectivity index (χ2v) is 4.70. The van der Waals surface area contributed by atoms with Crippen LogP contribution in [0.2, 0.25) is 0 Å². The summed E-state index contributed by atoms with van der Waals surface area (Å²) < 4.78 is 7.25. The molecule has 0 aliphatic carbocycles. The van der Waals surface area contributed by atoms with Crippen LogP contribution in [0.15, 0.2) is 15.8 Å². The fraction of sp³-hybridized carbons (Fsp3) is 0.429. The Bertz CT molecular complexity index is 851. The van der Waals surface area contributed by atoms with E-state index in [-0.39, 0.29) is 23.2 Å². The van der Waals surface area contributed by atoms with E-state index in [1.165, 1.54) is 24.9 Å². The van der Waals surface area contributed by atoms with E-state index in [1.54, 1.807) is 6.92 Å². The maximum Gasteiger partial charge on any atom is 0.341 e. The molecule has 0 unspecified atom stereocenters. The van der Waals surface area contributed by atoms with Gasteiger partial charge in [0.15, 0.2) is 5.65 Å². The molecule has 118 valence electrons. The van der Waals surface area contributed by atoms with E-state index >= 15 is 0 Å². The zero-order valence-corrected chi connectivity index (χ0v) is 13.0. The number of aryl methyl sites for hydroxylation is 1. The molecule has 22 heavy (non-hydrogen) atoms. The SMILES string of the molecule is CCNc1c(C(=O)OCC)cnc2c1c(=O)n(C)c(=O)n2C. The topological polar surface area (TPSA) is 95.2 Å². The van der Waals surface area contributed by atoms with Gasteiger partial charge in [-0.2, -0.15) is 0 Å². The summed E-state index contributed by atoms with van der Waals surface area (Å²) in [5, 5.41) is 3.20. The third kappa shape index (κ3) is 2.36. The second kappa shape index (κ2) is 6.00. The van der Waals surface area contributed by atoms with Crippen LogP contribution in [0.4, 0.5) is 5.69 Å². The lowest BCUT2D eigenvalue weighted by Gasteiger charge is -2.14. The fourth-order valence-electron chi connectivity index (χ4n) is 2.25. The van der Waals surface area contributed by atoms with Gasteiger partial charge in [0.25, 0.3) is 5.56 Å². The second-order valence-electron chi connectivity index (χ2n) is 4.70. The van der Waals surface area contributed by atoms with Gasteiger partial charge in [0.2, 0.25) is 0 Å². The largest absolute Gasteiger partial charge is 0.462 e. The quantitative estimate of drug-likeness (QED) is 0.813. The molecule has 0 saturated heterocycles. The van der Waals surface area contributed by atoms with Gasteiger partial charge < -0.3 is 10.1 Å². The van der Waals surface area contributed by atoms with Crippen molar-refractivity contribution in [3.8, 4) is 0 Å². The molecule has 0 aromatic carbocycles. The zero-order chi connectivity index (χ0) is 16.4. The van der Waals surface area contributed by atoms with E-state index in [0.717, 1.165) is 4.57 Å². The summed E-state index contributed by atoms with van der Waals surface area (Å²) in [6, 6.07) is 0. The predicted molar refractivity (Wildman–Crippen MR) is 82.3 cm³/mol. The summed E-state index contributed by atoms with van der Waals surface area (Å²) in [6.45, 7) is 4.25. The highest BCUT2D eigenvalue weighted by Crippen LogP contribution is 2.23. The minimum Gasteiger partial charge on any atom is -0.462 e. The van der Waals surface area contributed by atoms with Gasteiger partial charge in [-0.25, -0.2) is 14.6 Å². The average molecular weight is 306 g/mol. The van der Waals surface area contributed by atoms with Crippen molar-refractivity contribution in [2.75, 3.05) is 18.5 Å². The molecule has 2 rings (SSSR count). The van der Waals surface area contributed by atoms with Gasteiger partial charge in [0, 0.05) is 26.8 Å². The lowest BCUT2D eigenvalue weighted by Crippen LogP contribution is -2.38. The van der Waals surface area contributed by atoms with Gasteiger partial charge in [-0.15, -0.1) is 0 Å². The molecule has 0 saturated carbocycles.